The van der Waals surface area contributed by atoms with Gasteiger partial charge in [-0.2, -0.15) is 0 Å². The fourth-order valence-electron chi connectivity index (χ4n) is 7.26. The normalized spacial score (nSPS) is 23.5. The molecule has 0 radical (unpaired) electrons. The lowest BCUT2D eigenvalue weighted by molar-refractivity contribution is -0.176. The molecule has 3 aromatic rings. The number of nitrogens with zero attached hydrogens (tertiary/aromatic N) is 3. The Morgan fingerprint density at radius 3 is 2.63 bits per heavy atom. The molecule has 0 bridgehead atoms. The molecule has 0 N–H and O–H groups in total. The van der Waals surface area contributed by atoms with Crippen LogP contribution in [0.15, 0.2) is 23.0 Å². The Kier molecular flexibility index (Phi) is 6.54. The molecule has 2 unspecified atom stereocenters. The van der Waals surface area contributed by atoms with Gasteiger partial charge >= 0.3 is 5.97 Å². The Morgan fingerprint density at radius 1 is 1.05 bits per heavy atom. The number of aromatic nitrogens is 2. The number of carbonyl (C=O) groups excluding carboxylic acids is 1. The fraction of sp³-hybridized carbons (Fsp3) is 0.531. The molecule has 9 nitrogen and oxygen atoms in total. The van der Waals surface area contributed by atoms with E-state index in [1.54, 1.807) is 4.57 Å². The highest BCUT2D eigenvalue weighted by atomic mass is 16.6. The van der Waals surface area contributed by atoms with Gasteiger partial charge in [-0.3, -0.25) is 4.79 Å². The maximum Gasteiger partial charge on any atom is 0.343 e. The van der Waals surface area contributed by atoms with E-state index in [2.05, 4.69) is 18.0 Å². The molecule has 2 atom stereocenters. The second-order valence-electron chi connectivity index (χ2n) is 11.8. The van der Waals surface area contributed by atoms with E-state index in [0.29, 0.717) is 49.0 Å². The minimum absolute atomic E-state index is 0.0471. The average molecular weight is 560 g/mol. The Morgan fingerprint density at radius 2 is 1.85 bits per heavy atom. The topological polar surface area (TPSA) is 92.1 Å². The Bertz CT molecular complexity index is 1610. The number of hydrogen-bond acceptors (Lipinski definition) is 8. The number of benzene rings is 1. The van der Waals surface area contributed by atoms with Crippen molar-refractivity contribution in [2.75, 3.05) is 40.5 Å². The van der Waals surface area contributed by atoms with Gasteiger partial charge in [-0.05, 0) is 82.3 Å². The summed E-state index contributed by atoms with van der Waals surface area (Å²) in [5.74, 6) is 1.64. The van der Waals surface area contributed by atoms with Crippen molar-refractivity contribution in [3.05, 3.63) is 50.8 Å². The molecule has 1 saturated heterocycles. The van der Waals surface area contributed by atoms with Crippen molar-refractivity contribution in [1.29, 1.82) is 0 Å². The van der Waals surface area contributed by atoms with Crippen LogP contribution in [0.5, 0.6) is 11.5 Å². The van der Waals surface area contributed by atoms with Crippen LogP contribution >= 0.6 is 0 Å². The fourth-order valence-corrected chi connectivity index (χ4v) is 7.26. The first kappa shape index (κ1) is 26.5. The molecule has 7 rings (SSSR count). The largest absolute Gasteiger partial charge is 0.486 e. The molecule has 216 valence electrons. The van der Waals surface area contributed by atoms with E-state index >= 15 is 0 Å². The number of pyridine rings is 2. The highest BCUT2D eigenvalue weighted by Gasteiger charge is 2.47. The van der Waals surface area contributed by atoms with Gasteiger partial charge in [0.2, 0.25) is 0 Å². The van der Waals surface area contributed by atoms with E-state index in [1.807, 2.05) is 19.1 Å². The van der Waals surface area contributed by atoms with Crippen molar-refractivity contribution in [3.63, 3.8) is 0 Å². The van der Waals surface area contributed by atoms with Gasteiger partial charge < -0.3 is 28.4 Å². The molecule has 1 aromatic carbocycles. The van der Waals surface area contributed by atoms with E-state index in [-0.39, 0.29) is 12.2 Å². The number of methoxy groups -OCH3 is 1. The summed E-state index contributed by atoms with van der Waals surface area (Å²) in [6.07, 6.45) is 6.00. The quantitative estimate of drug-likeness (QED) is 0.337. The number of hydrogen-bond donors (Lipinski definition) is 0. The molecule has 9 heteroatoms. The number of esters is 1. The number of rotatable bonds is 5. The molecule has 0 saturated carbocycles. The van der Waals surface area contributed by atoms with Gasteiger partial charge in [0.05, 0.1) is 29.0 Å². The second kappa shape index (κ2) is 10.1. The minimum Gasteiger partial charge on any atom is -0.486 e. The predicted octanol–water partition coefficient (Wildman–Crippen LogP) is 4.17. The van der Waals surface area contributed by atoms with Crippen molar-refractivity contribution in [2.24, 2.45) is 5.92 Å². The molecular weight excluding hydrogens is 522 g/mol. The van der Waals surface area contributed by atoms with Gasteiger partial charge in [0.25, 0.3) is 5.56 Å². The lowest BCUT2D eigenvalue weighted by atomic mass is 9.85. The van der Waals surface area contributed by atoms with Crippen LogP contribution in [0.2, 0.25) is 0 Å². The van der Waals surface area contributed by atoms with Crippen LogP contribution in [0, 0.1) is 5.92 Å². The summed E-state index contributed by atoms with van der Waals surface area (Å²) in [6, 6.07) is 5.98. The lowest BCUT2D eigenvalue weighted by Crippen LogP contribution is -2.45. The first-order valence-electron chi connectivity index (χ1n) is 14.9. The van der Waals surface area contributed by atoms with Crippen LogP contribution in [0.3, 0.4) is 0 Å². The standard InChI is InChI=1S/C32H37N3O6/c1-4-32(38-3)24-15-26-29-22(17-35(26)30(36)23(24)18-41-31(32)37)20(8-7-19-6-5-10-34(2)11-9-19)21-14-27-28(16-25(21)33-29)40-13-12-39-27/h14-16,19H,4-13,17-18H2,1-3H3. The van der Waals surface area contributed by atoms with Crippen LogP contribution in [0.1, 0.15) is 61.3 Å². The van der Waals surface area contributed by atoms with Crippen LogP contribution in [0.4, 0.5) is 0 Å². The lowest BCUT2D eigenvalue weighted by Gasteiger charge is -2.35. The summed E-state index contributed by atoms with van der Waals surface area (Å²) in [4.78, 5) is 34.4. The third-order valence-corrected chi connectivity index (χ3v) is 9.66. The van der Waals surface area contributed by atoms with Crippen LogP contribution < -0.4 is 15.0 Å². The van der Waals surface area contributed by atoms with Gasteiger partial charge in [-0.25, -0.2) is 9.78 Å². The maximum absolute atomic E-state index is 13.9. The van der Waals surface area contributed by atoms with Crippen molar-refractivity contribution in [2.45, 2.75) is 64.2 Å². The average Bonchev–Trinajstić information content (AvgIpc) is 3.21. The number of ether oxygens (including phenoxy) is 4. The van der Waals surface area contributed by atoms with E-state index in [4.69, 9.17) is 23.9 Å². The van der Waals surface area contributed by atoms with Crippen LogP contribution in [0.25, 0.3) is 22.3 Å². The molecule has 41 heavy (non-hydrogen) atoms. The number of cyclic esters (lactones) is 1. The minimum atomic E-state index is -1.30. The van der Waals surface area contributed by atoms with Gasteiger partial charge in [0, 0.05) is 29.7 Å². The van der Waals surface area contributed by atoms with E-state index in [1.165, 1.54) is 31.9 Å². The van der Waals surface area contributed by atoms with E-state index < -0.39 is 11.6 Å². The molecule has 4 aliphatic rings. The summed E-state index contributed by atoms with van der Waals surface area (Å²) >= 11 is 0. The van der Waals surface area contributed by atoms with Gasteiger partial charge in [0.1, 0.15) is 19.8 Å². The first-order chi connectivity index (χ1) is 19.9. The molecule has 0 aliphatic carbocycles. The van der Waals surface area contributed by atoms with Gasteiger partial charge in [0.15, 0.2) is 17.1 Å². The van der Waals surface area contributed by atoms with Crippen molar-refractivity contribution < 1.29 is 23.7 Å². The zero-order chi connectivity index (χ0) is 28.3. The Balaban J connectivity index is 1.39. The second-order valence-corrected chi connectivity index (χ2v) is 11.8. The summed E-state index contributed by atoms with van der Waals surface area (Å²) in [7, 11) is 3.71. The first-order valence-corrected chi connectivity index (χ1v) is 14.9. The Hall–Kier alpha value is -3.43. The van der Waals surface area contributed by atoms with Crippen LogP contribution in [-0.4, -0.2) is 60.9 Å². The zero-order valence-corrected chi connectivity index (χ0v) is 24.1. The predicted molar refractivity (Wildman–Crippen MR) is 153 cm³/mol. The molecule has 6 heterocycles. The molecule has 1 fully saturated rings. The summed E-state index contributed by atoms with van der Waals surface area (Å²) in [5.41, 5.74) is 4.27. The zero-order valence-electron chi connectivity index (χ0n) is 24.1. The molecule has 0 amide bonds. The number of likely N-dealkylation sites (tertiary alicyclic amines) is 1. The third-order valence-electron chi connectivity index (χ3n) is 9.66. The highest BCUT2D eigenvalue weighted by molar-refractivity contribution is 5.91. The van der Waals surface area contributed by atoms with E-state index in [9.17, 15) is 9.59 Å². The molecule has 2 aromatic heterocycles. The smallest absolute Gasteiger partial charge is 0.343 e. The van der Waals surface area contributed by atoms with Crippen LogP contribution in [-0.2, 0) is 39.4 Å². The van der Waals surface area contributed by atoms with Crippen molar-refractivity contribution in [1.82, 2.24) is 14.5 Å². The molecule has 0 spiro atoms. The van der Waals surface area contributed by atoms with Crippen molar-refractivity contribution >= 4 is 16.9 Å². The summed E-state index contributed by atoms with van der Waals surface area (Å²) in [6.45, 7) is 5.58. The van der Waals surface area contributed by atoms with Crippen molar-refractivity contribution in [3.8, 4) is 22.9 Å². The van der Waals surface area contributed by atoms with Gasteiger partial charge in [-0.15, -0.1) is 0 Å². The number of aryl methyl sites for hydroxylation is 1. The summed E-state index contributed by atoms with van der Waals surface area (Å²) < 4.78 is 24.9. The molecule has 4 aliphatic heterocycles. The maximum atomic E-state index is 13.9. The SMILES string of the molecule is CCC1(OC)C(=O)OCc2c1cc1n(c2=O)Cc2c-1nc1cc3c(cc1c2CCC1CCCN(C)CC1)OCCO3. The Labute approximate surface area is 239 Å². The van der Waals surface area contributed by atoms with E-state index in [0.717, 1.165) is 59.5 Å². The summed E-state index contributed by atoms with van der Waals surface area (Å²) in [5, 5.41) is 1.06. The third kappa shape index (κ3) is 4.15. The monoisotopic (exact) mass is 559 g/mol. The highest BCUT2D eigenvalue weighted by Crippen LogP contribution is 2.44. The molecular formula is C32H37N3O6. The van der Waals surface area contributed by atoms with Gasteiger partial charge in [-0.1, -0.05) is 6.92 Å². The number of carbonyl (C=O) groups is 1. The number of fused-ring (bicyclic) bond motifs is 6.